The van der Waals surface area contributed by atoms with Gasteiger partial charge in [0.15, 0.2) is 6.10 Å². The molecule has 0 aromatic rings. The van der Waals surface area contributed by atoms with Crippen LogP contribution in [0.4, 0.5) is 4.79 Å². The summed E-state index contributed by atoms with van der Waals surface area (Å²) in [7, 11) is 0. The van der Waals surface area contributed by atoms with E-state index >= 15 is 0 Å². The molecule has 1 spiro atoms. The van der Waals surface area contributed by atoms with Crippen LogP contribution in [0, 0.1) is 0 Å². The quantitative estimate of drug-likeness (QED) is 0.548. The maximum Gasteiger partial charge on any atom is 0.322 e. The van der Waals surface area contributed by atoms with Crippen LogP contribution < -0.4 is 10.6 Å². The largest absolute Gasteiger partial charge is 0.376 e. The highest BCUT2D eigenvalue weighted by atomic mass is 16.6. The molecule has 2 atom stereocenters. The van der Waals surface area contributed by atoms with Gasteiger partial charge in [0.25, 0.3) is 11.8 Å². The number of hydrogen-bond donors (Lipinski definition) is 2. The van der Waals surface area contributed by atoms with Gasteiger partial charge in [0.2, 0.25) is 0 Å². The zero-order chi connectivity index (χ0) is 13.5. The molecule has 0 bridgehead atoms. The summed E-state index contributed by atoms with van der Waals surface area (Å²) in [6.07, 6.45) is -0.187. The molecule has 0 aliphatic carbocycles. The Kier molecular flexibility index (Phi) is 2.90. The maximum atomic E-state index is 12.2. The Hall–Kier alpha value is -1.67. The summed E-state index contributed by atoms with van der Waals surface area (Å²) in [5.74, 6) is -0.556. The van der Waals surface area contributed by atoms with Crippen molar-refractivity contribution >= 4 is 17.8 Å². The zero-order valence-corrected chi connectivity index (χ0v) is 10.3. The van der Waals surface area contributed by atoms with Gasteiger partial charge < -0.3 is 19.7 Å². The van der Waals surface area contributed by atoms with Crippen LogP contribution >= 0.6 is 0 Å². The minimum Gasteiger partial charge on any atom is -0.376 e. The number of urea groups is 1. The molecule has 3 saturated heterocycles. The number of amides is 4. The van der Waals surface area contributed by atoms with Crippen LogP contribution in [0.5, 0.6) is 0 Å². The van der Waals surface area contributed by atoms with Crippen molar-refractivity contribution in [3.05, 3.63) is 0 Å². The van der Waals surface area contributed by atoms with E-state index in [1.165, 1.54) is 0 Å². The third kappa shape index (κ3) is 2.06. The third-order valence-corrected chi connectivity index (χ3v) is 3.69. The first-order chi connectivity index (χ1) is 9.11. The molecular weight excluding hydrogens is 254 g/mol. The van der Waals surface area contributed by atoms with Crippen molar-refractivity contribution in [3.8, 4) is 0 Å². The van der Waals surface area contributed by atoms with Crippen molar-refractivity contribution < 1.29 is 23.9 Å². The van der Waals surface area contributed by atoms with E-state index < -0.39 is 17.7 Å². The summed E-state index contributed by atoms with van der Waals surface area (Å²) >= 11 is 0. The summed E-state index contributed by atoms with van der Waals surface area (Å²) in [5, 5.41) is 4.81. The Balaban J connectivity index is 1.67. The van der Waals surface area contributed by atoms with E-state index in [0.717, 1.165) is 0 Å². The first kappa shape index (κ1) is 12.4. The molecule has 2 N–H and O–H groups in total. The van der Waals surface area contributed by atoms with Crippen LogP contribution in [0.1, 0.15) is 6.42 Å². The number of nitrogens with one attached hydrogen (secondary N) is 2. The number of ether oxygens (including phenoxy) is 2. The Morgan fingerprint density at radius 3 is 2.84 bits per heavy atom. The number of carbonyl (C=O) groups is 3. The molecule has 104 valence electrons. The van der Waals surface area contributed by atoms with Crippen molar-refractivity contribution in [2.24, 2.45) is 0 Å². The van der Waals surface area contributed by atoms with Crippen LogP contribution in [-0.4, -0.2) is 67.3 Å². The summed E-state index contributed by atoms with van der Waals surface area (Å²) in [4.78, 5) is 36.7. The third-order valence-electron chi connectivity index (χ3n) is 3.69. The highest BCUT2D eigenvalue weighted by molar-refractivity contribution is 6.07. The van der Waals surface area contributed by atoms with Gasteiger partial charge >= 0.3 is 6.03 Å². The standard InChI is InChI=1S/C11H15N3O5/c15-8(7-5-18-3-4-19-7)14-2-1-11(6-14)9(16)12-10(17)13-11/h7H,1-6H2,(H2,12,13,16,17). The Morgan fingerprint density at radius 2 is 2.21 bits per heavy atom. The number of hydrogen-bond acceptors (Lipinski definition) is 5. The van der Waals surface area contributed by atoms with Gasteiger partial charge in [-0.05, 0) is 6.42 Å². The number of imide groups is 1. The highest BCUT2D eigenvalue weighted by Crippen LogP contribution is 2.25. The van der Waals surface area contributed by atoms with E-state index in [1.807, 2.05) is 0 Å². The normalized spacial score (nSPS) is 34.5. The predicted molar refractivity (Wildman–Crippen MR) is 61.2 cm³/mol. The molecule has 0 radical (unpaired) electrons. The SMILES string of the molecule is O=C1NC(=O)C2(CCN(C(=O)C3COCCO3)C2)N1. The summed E-state index contributed by atoms with van der Waals surface area (Å²) in [6.45, 7) is 1.73. The molecule has 3 rings (SSSR count). The lowest BCUT2D eigenvalue weighted by Gasteiger charge is -2.27. The van der Waals surface area contributed by atoms with Gasteiger partial charge in [0.05, 0.1) is 26.4 Å². The van der Waals surface area contributed by atoms with Gasteiger partial charge in [0, 0.05) is 6.54 Å². The van der Waals surface area contributed by atoms with E-state index in [4.69, 9.17) is 9.47 Å². The Bertz CT molecular complexity index is 434. The van der Waals surface area contributed by atoms with Crippen molar-refractivity contribution in [2.45, 2.75) is 18.1 Å². The first-order valence-electron chi connectivity index (χ1n) is 6.22. The second-order valence-corrected chi connectivity index (χ2v) is 4.93. The Labute approximate surface area is 109 Å². The molecule has 8 nitrogen and oxygen atoms in total. The fourth-order valence-electron chi connectivity index (χ4n) is 2.65. The van der Waals surface area contributed by atoms with Gasteiger partial charge in [-0.2, -0.15) is 0 Å². The van der Waals surface area contributed by atoms with Crippen molar-refractivity contribution in [3.63, 3.8) is 0 Å². The molecular formula is C11H15N3O5. The van der Waals surface area contributed by atoms with Crippen LogP contribution in [0.2, 0.25) is 0 Å². The van der Waals surface area contributed by atoms with Crippen molar-refractivity contribution in [1.29, 1.82) is 0 Å². The number of likely N-dealkylation sites (tertiary alicyclic amines) is 1. The molecule has 8 heteroatoms. The molecule has 0 saturated carbocycles. The average Bonchev–Trinajstić information content (AvgIpc) is 2.95. The van der Waals surface area contributed by atoms with E-state index in [9.17, 15) is 14.4 Å². The Morgan fingerprint density at radius 1 is 1.37 bits per heavy atom. The van der Waals surface area contributed by atoms with Crippen LogP contribution in [0.3, 0.4) is 0 Å². The number of carbonyl (C=O) groups excluding carboxylic acids is 3. The molecule has 2 unspecified atom stereocenters. The molecule has 0 aromatic heterocycles. The average molecular weight is 269 g/mol. The van der Waals surface area contributed by atoms with Crippen LogP contribution in [0.25, 0.3) is 0 Å². The maximum absolute atomic E-state index is 12.2. The fraction of sp³-hybridized carbons (Fsp3) is 0.727. The fourth-order valence-corrected chi connectivity index (χ4v) is 2.65. The molecule has 19 heavy (non-hydrogen) atoms. The minimum atomic E-state index is -0.970. The van der Waals surface area contributed by atoms with E-state index in [-0.39, 0.29) is 25.0 Å². The summed E-state index contributed by atoms with van der Waals surface area (Å²) in [6, 6.07) is -0.503. The molecule has 3 fully saturated rings. The molecule has 3 aliphatic heterocycles. The highest BCUT2D eigenvalue weighted by Gasteiger charge is 2.52. The molecule has 3 heterocycles. The number of rotatable bonds is 1. The van der Waals surface area contributed by atoms with E-state index in [1.54, 1.807) is 4.90 Å². The second-order valence-electron chi connectivity index (χ2n) is 4.93. The smallest absolute Gasteiger partial charge is 0.322 e. The molecule has 4 amide bonds. The first-order valence-corrected chi connectivity index (χ1v) is 6.22. The second kappa shape index (κ2) is 4.46. The minimum absolute atomic E-state index is 0.184. The van der Waals surface area contributed by atoms with Crippen LogP contribution in [0.15, 0.2) is 0 Å². The lowest BCUT2D eigenvalue weighted by atomic mass is 9.99. The van der Waals surface area contributed by atoms with Crippen molar-refractivity contribution in [1.82, 2.24) is 15.5 Å². The van der Waals surface area contributed by atoms with Gasteiger partial charge in [-0.15, -0.1) is 0 Å². The molecule has 0 aromatic carbocycles. The lowest BCUT2D eigenvalue weighted by Crippen LogP contribution is -2.51. The van der Waals surface area contributed by atoms with Gasteiger partial charge in [-0.25, -0.2) is 4.79 Å². The predicted octanol–water partition coefficient (Wildman–Crippen LogP) is -1.79. The van der Waals surface area contributed by atoms with E-state index in [2.05, 4.69) is 10.6 Å². The summed E-state index contributed by atoms with van der Waals surface area (Å²) < 4.78 is 10.5. The topological polar surface area (TPSA) is 97.0 Å². The number of nitrogens with zero attached hydrogens (tertiary/aromatic N) is 1. The van der Waals surface area contributed by atoms with Gasteiger partial charge in [-0.1, -0.05) is 0 Å². The monoisotopic (exact) mass is 269 g/mol. The molecule has 3 aliphatic rings. The van der Waals surface area contributed by atoms with Crippen LogP contribution in [-0.2, 0) is 19.1 Å². The zero-order valence-electron chi connectivity index (χ0n) is 10.3. The van der Waals surface area contributed by atoms with Gasteiger partial charge in [-0.3, -0.25) is 14.9 Å². The summed E-state index contributed by atoms with van der Waals surface area (Å²) in [5.41, 5.74) is -0.970. The van der Waals surface area contributed by atoms with Gasteiger partial charge in [0.1, 0.15) is 5.54 Å². The lowest BCUT2D eigenvalue weighted by molar-refractivity contribution is -0.157. The van der Waals surface area contributed by atoms with E-state index in [0.29, 0.717) is 26.2 Å². The van der Waals surface area contributed by atoms with Crippen molar-refractivity contribution in [2.75, 3.05) is 32.9 Å².